The van der Waals surface area contributed by atoms with E-state index in [1.54, 1.807) is 18.2 Å². The zero-order valence-electron chi connectivity index (χ0n) is 14.0. The van der Waals surface area contributed by atoms with Gasteiger partial charge in [0.2, 0.25) is 0 Å². The lowest BCUT2D eigenvalue weighted by Gasteiger charge is -2.09. The van der Waals surface area contributed by atoms with E-state index in [0.717, 1.165) is 0 Å². The minimum absolute atomic E-state index is 0.125. The SMILES string of the molecule is CCNC(=O)c1cccc(NC(=O)COC(=O)c2ccc(Cl)cc2N)c1. The predicted molar refractivity (Wildman–Crippen MR) is 99.2 cm³/mol. The summed E-state index contributed by atoms with van der Waals surface area (Å²) in [6.07, 6.45) is 0. The number of nitrogens with two attached hydrogens (primary N) is 1. The van der Waals surface area contributed by atoms with E-state index in [1.807, 2.05) is 6.92 Å². The smallest absolute Gasteiger partial charge is 0.340 e. The molecule has 0 fully saturated rings. The van der Waals surface area contributed by atoms with E-state index in [9.17, 15) is 14.4 Å². The lowest BCUT2D eigenvalue weighted by Crippen LogP contribution is -2.23. The molecule has 0 saturated heterocycles. The number of carbonyl (C=O) groups excluding carboxylic acids is 3. The molecule has 0 bridgehead atoms. The van der Waals surface area contributed by atoms with Crippen LogP contribution in [0, 0.1) is 0 Å². The highest BCUT2D eigenvalue weighted by Gasteiger charge is 2.14. The molecule has 2 amide bonds. The molecule has 0 aliphatic rings. The van der Waals surface area contributed by atoms with Crippen molar-refractivity contribution in [3.8, 4) is 0 Å². The Kier molecular flexibility index (Phi) is 6.57. The maximum absolute atomic E-state index is 12.0. The van der Waals surface area contributed by atoms with Crippen molar-refractivity contribution in [2.45, 2.75) is 6.92 Å². The Hall–Kier alpha value is -3.06. The topological polar surface area (TPSA) is 111 Å². The Morgan fingerprint density at radius 3 is 2.62 bits per heavy atom. The summed E-state index contributed by atoms with van der Waals surface area (Å²) in [5.74, 6) is -1.52. The molecule has 0 radical (unpaired) electrons. The standard InChI is InChI=1S/C18H18ClN3O4/c1-2-21-17(24)11-4-3-5-13(8-11)22-16(23)10-26-18(25)14-7-6-12(19)9-15(14)20/h3-9H,2,10,20H2,1H3,(H,21,24)(H,22,23). The number of hydrogen-bond acceptors (Lipinski definition) is 5. The van der Waals surface area contributed by atoms with Crippen LogP contribution >= 0.6 is 11.6 Å². The molecule has 2 aromatic rings. The van der Waals surface area contributed by atoms with E-state index in [4.69, 9.17) is 22.1 Å². The van der Waals surface area contributed by atoms with Gasteiger partial charge < -0.3 is 21.1 Å². The van der Waals surface area contributed by atoms with Gasteiger partial charge in [-0.15, -0.1) is 0 Å². The van der Waals surface area contributed by atoms with Gasteiger partial charge in [0.05, 0.1) is 5.56 Å². The van der Waals surface area contributed by atoms with Crippen molar-refractivity contribution < 1.29 is 19.1 Å². The summed E-state index contributed by atoms with van der Waals surface area (Å²) in [7, 11) is 0. The highest BCUT2D eigenvalue weighted by Crippen LogP contribution is 2.18. The van der Waals surface area contributed by atoms with E-state index in [0.29, 0.717) is 22.8 Å². The highest BCUT2D eigenvalue weighted by molar-refractivity contribution is 6.31. The van der Waals surface area contributed by atoms with Crippen molar-refractivity contribution in [1.29, 1.82) is 0 Å². The summed E-state index contributed by atoms with van der Waals surface area (Å²) >= 11 is 5.77. The molecular formula is C18H18ClN3O4. The average molecular weight is 376 g/mol. The number of nitrogens with one attached hydrogen (secondary N) is 2. The Morgan fingerprint density at radius 1 is 1.15 bits per heavy atom. The summed E-state index contributed by atoms with van der Waals surface area (Å²) in [4.78, 5) is 35.7. The lowest BCUT2D eigenvalue weighted by molar-refractivity contribution is -0.119. The average Bonchev–Trinajstić information content (AvgIpc) is 2.60. The number of nitrogen functional groups attached to an aromatic ring is 1. The molecular weight excluding hydrogens is 358 g/mol. The lowest BCUT2D eigenvalue weighted by atomic mass is 10.2. The molecule has 8 heteroatoms. The van der Waals surface area contributed by atoms with Crippen LogP contribution in [0.15, 0.2) is 42.5 Å². The van der Waals surface area contributed by atoms with Crippen molar-refractivity contribution >= 4 is 40.8 Å². The molecule has 0 aliphatic heterocycles. The minimum Gasteiger partial charge on any atom is -0.452 e. The fraction of sp³-hybridized carbons (Fsp3) is 0.167. The molecule has 4 N–H and O–H groups in total. The molecule has 0 aliphatic carbocycles. The van der Waals surface area contributed by atoms with Gasteiger partial charge in [0.15, 0.2) is 6.61 Å². The molecule has 7 nitrogen and oxygen atoms in total. The third-order valence-electron chi connectivity index (χ3n) is 3.31. The number of rotatable bonds is 6. The molecule has 0 saturated carbocycles. The summed E-state index contributed by atoms with van der Waals surface area (Å²) in [5.41, 5.74) is 6.82. The van der Waals surface area contributed by atoms with Gasteiger partial charge >= 0.3 is 5.97 Å². The van der Waals surface area contributed by atoms with Gasteiger partial charge in [-0.3, -0.25) is 9.59 Å². The highest BCUT2D eigenvalue weighted by atomic mass is 35.5. The maximum atomic E-state index is 12.0. The van der Waals surface area contributed by atoms with Gasteiger partial charge in [-0.1, -0.05) is 17.7 Å². The first-order chi connectivity index (χ1) is 12.4. The van der Waals surface area contributed by atoms with Gasteiger partial charge in [0, 0.05) is 28.5 Å². The summed E-state index contributed by atoms with van der Waals surface area (Å²) in [5, 5.41) is 5.62. The van der Waals surface area contributed by atoms with Gasteiger partial charge in [-0.25, -0.2) is 4.79 Å². The molecule has 2 aromatic carbocycles. The molecule has 26 heavy (non-hydrogen) atoms. The predicted octanol–water partition coefficient (Wildman–Crippen LogP) is 2.47. The quantitative estimate of drug-likeness (QED) is 0.530. The number of halogens is 1. The molecule has 0 atom stereocenters. The van der Waals surface area contributed by atoms with Gasteiger partial charge in [-0.05, 0) is 43.3 Å². The van der Waals surface area contributed by atoms with Crippen LogP contribution in [-0.2, 0) is 9.53 Å². The minimum atomic E-state index is -0.731. The maximum Gasteiger partial charge on any atom is 0.340 e. The second-order valence-electron chi connectivity index (χ2n) is 5.30. The molecule has 0 heterocycles. The molecule has 2 rings (SSSR count). The molecule has 136 valence electrons. The van der Waals surface area contributed by atoms with Gasteiger partial charge in [0.1, 0.15) is 0 Å². The second-order valence-corrected chi connectivity index (χ2v) is 5.73. The fourth-order valence-corrected chi connectivity index (χ4v) is 2.31. The van der Waals surface area contributed by atoms with Crippen molar-refractivity contribution in [2.24, 2.45) is 0 Å². The first-order valence-corrected chi connectivity index (χ1v) is 8.18. The molecule has 0 spiro atoms. The van der Waals surface area contributed by atoms with Crippen molar-refractivity contribution in [3.05, 3.63) is 58.6 Å². The number of hydrogen-bond donors (Lipinski definition) is 3. The number of amides is 2. The number of ether oxygens (including phenoxy) is 1. The van der Waals surface area contributed by atoms with E-state index < -0.39 is 18.5 Å². The second kappa shape index (κ2) is 8.87. The molecule has 0 aromatic heterocycles. The molecule has 0 unspecified atom stereocenters. The Labute approximate surface area is 155 Å². The zero-order valence-corrected chi connectivity index (χ0v) is 14.8. The first kappa shape index (κ1) is 19.3. The van der Waals surface area contributed by atoms with E-state index >= 15 is 0 Å². The zero-order chi connectivity index (χ0) is 19.1. The summed E-state index contributed by atoms with van der Waals surface area (Å²) < 4.78 is 4.95. The van der Waals surface area contributed by atoms with E-state index in [1.165, 1.54) is 24.3 Å². The van der Waals surface area contributed by atoms with Crippen LogP contribution in [0.25, 0.3) is 0 Å². The van der Waals surface area contributed by atoms with Crippen LogP contribution in [-0.4, -0.2) is 30.9 Å². The van der Waals surface area contributed by atoms with E-state index in [2.05, 4.69) is 10.6 Å². The van der Waals surface area contributed by atoms with Crippen molar-refractivity contribution in [3.63, 3.8) is 0 Å². The van der Waals surface area contributed by atoms with Crippen LogP contribution in [0.4, 0.5) is 11.4 Å². The Morgan fingerprint density at radius 2 is 1.92 bits per heavy atom. The van der Waals surface area contributed by atoms with Crippen LogP contribution in [0.5, 0.6) is 0 Å². The van der Waals surface area contributed by atoms with Crippen LogP contribution in [0.2, 0.25) is 5.02 Å². The van der Waals surface area contributed by atoms with Crippen LogP contribution in [0.3, 0.4) is 0 Å². The fourth-order valence-electron chi connectivity index (χ4n) is 2.13. The number of esters is 1. The Bertz CT molecular complexity index is 839. The summed E-state index contributed by atoms with van der Waals surface area (Å²) in [6, 6.07) is 10.8. The number of carbonyl (C=O) groups is 3. The number of benzene rings is 2. The van der Waals surface area contributed by atoms with Gasteiger partial charge in [-0.2, -0.15) is 0 Å². The summed E-state index contributed by atoms with van der Waals surface area (Å²) in [6.45, 7) is 1.82. The normalized spacial score (nSPS) is 10.1. The monoisotopic (exact) mass is 375 g/mol. The van der Waals surface area contributed by atoms with Gasteiger partial charge in [0.25, 0.3) is 11.8 Å². The Balaban J connectivity index is 1.93. The van der Waals surface area contributed by atoms with Crippen LogP contribution < -0.4 is 16.4 Å². The van der Waals surface area contributed by atoms with Crippen LogP contribution in [0.1, 0.15) is 27.6 Å². The number of anilines is 2. The third-order valence-corrected chi connectivity index (χ3v) is 3.55. The first-order valence-electron chi connectivity index (χ1n) is 7.81. The van der Waals surface area contributed by atoms with Crippen molar-refractivity contribution in [1.82, 2.24) is 5.32 Å². The third kappa shape index (κ3) is 5.22. The largest absolute Gasteiger partial charge is 0.452 e. The van der Waals surface area contributed by atoms with Crippen molar-refractivity contribution in [2.75, 3.05) is 24.2 Å². The van der Waals surface area contributed by atoms with E-state index in [-0.39, 0.29) is 17.2 Å².